The number of carboxylic acids is 1. The van der Waals surface area contributed by atoms with E-state index >= 15 is 0 Å². The highest BCUT2D eigenvalue weighted by Crippen LogP contribution is 1.97. The van der Waals surface area contributed by atoms with Crippen LogP contribution in [-0.2, 0) is 14.4 Å². The lowest BCUT2D eigenvalue weighted by Crippen LogP contribution is -2.02. The largest absolute Gasteiger partial charge is 0.481 e. The van der Waals surface area contributed by atoms with E-state index in [1.54, 1.807) is 6.92 Å². The molecule has 0 atom stereocenters. The lowest BCUT2D eigenvalue weighted by molar-refractivity contribution is -0.136. The molecule has 0 radical (unpaired) electrons. The van der Waals surface area contributed by atoms with E-state index in [-0.39, 0.29) is 23.6 Å². The van der Waals surface area contributed by atoms with Gasteiger partial charge in [-0.3, -0.25) is 14.4 Å². The number of ketones is 2. The molecule has 0 aliphatic rings. The number of allylic oxidation sites excluding steroid dienone is 1. The van der Waals surface area contributed by atoms with E-state index in [0.29, 0.717) is 5.57 Å². The average molecular weight is 212 g/mol. The fourth-order valence-electron chi connectivity index (χ4n) is 0.307. The molecule has 0 amide bonds. The van der Waals surface area contributed by atoms with Crippen LogP contribution < -0.4 is 0 Å². The van der Waals surface area contributed by atoms with Crippen LogP contribution in [0.25, 0.3) is 0 Å². The van der Waals surface area contributed by atoms with Gasteiger partial charge in [0.25, 0.3) is 0 Å². The minimum atomic E-state index is -1.02. The van der Waals surface area contributed by atoms with Gasteiger partial charge in [0, 0.05) is 0 Å². The van der Waals surface area contributed by atoms with Crippen molar-refractivity contribution in [2.75, 3.05) is 0 Å². The summed E-state index contributed by atoms with van der Waals surface area (Å²) in [4.78, 5) is 30.3. The molecule has 15 heavy (non-hydrogen) atoms. The van der Waals surface area contributed by atoms with Gasteiger partial charge in [-0.05, 0) is 31.9 Å². The summed E-state index contributed by atoms with van der Waals surface area (Å²) in [6.45, 7) is 11.2. The molecule has 0 aromatic rings. The maximum absolute atomic E-state index is 10.3. The number of carbonyl (C=O) groups is 3. The number of hydrogen-bond donors (Lipinski definition) is 1. The Hall–Kier alpha value is -1.71. The van der Waals surface area contributed by atoms with Gasteiger partial charge >= 0.3 is 5.97 Å². The third-order valence-electron chi connectivity index (χ3n) is 1.46. The first-order valence-corrected chi connectivity index (χ1v) is 4.25. The van der Waals surface area contributed by atoms with Crippen LogP contribution in [0.1, 0.15) is 27.2 Å². The molecular weight excluding hydrogens is 196 g/mol. The summed E-state index contributed by atoms with van der Waals surface area (Å²) in [7, 11) is 0. The van der Waals surface area contributed by atoms with Crippen LogP contribution in [0.2, 0.25) is 0 Å². The number of aliphatic carboxylic acids is 1. The average Bonchev–Trinajstić information content (AvgIpc) is 2.03. The first kappa shape index (κ1) is 15.7. The minimum Gasteiger partial charge on any atom is -0.481 e. The Labute approximate surface area is 89.3 Å². The van der Waals surface area contributed by atoms with E-state index < -0.39 is 5.97 Å². The van der Waals surface area contributed by atoms with E-state index in [1.807, 2.05) is 0 Å². The molecule has 0 saturated heterocycles. The molecule has 0 heterocycles. The van der Waals surface area contributed by atoms with Gasteiger partial charge in [-0.2, -0.15) is 0 Å². The first-order valence-electron chi connectivity index (χ1n) is 4.25. The molecule has 0 saturated carbocycles. The summed E-state index contributed by atoms with van der Waals surface area (Å²) in [5.74, 6) is -1.22. The molecule has 84 valence electrons. The van der Waals surface area contributed by atoms with Crippen LogP contribution in [0.3, 0.4) is 0 Å². The zero-order chi connectivity index (χ0) is 12.6. The lowest BCUT2D eigenvalue weighted by Gasteiger charge is -1.92. The van der Waals surface area contributed by atoms with Crippen molar-refractivity contribution in [2.24, 2.45) is 0 Å². The van der Waals surface area contributed by atoms with Gasteiger partial charge in [0.15, 0.2) is 11.6 Å². The van der Waals surface area contributed by atoms with Crippen LogP contribution in [0, 0.1) is 0 Å². The van der Waals surface area contributed by atoms with Crippen molar-refractivity contribution in [3.05, 3.63) is 24.3 Å². The summed E-state index contributed by atoms with van der Waals surface area (Å²) >= 11 is 0. The molecule has 4 nitrogen and oxygen atoms in total. The fourth-order valence-corrected chi connectivity index (χ4v) is 0.307. The quantitative estimate of drug-likeness (QED) is 0.721. The lowest BCUT2D eigenvalue weighted by atomic mass is 10.1. The van der Waals surface area contributed by atoms with Crippen molar-refractivity contribution in [2.45, 2.75) is 27.2 Å². The second-order valence-electron chi connectivity index (χ2n) is 3.07. The number of rotatable bonds is 4. The third kappa shape index (κ3) is 12.3. The molecule has 0 unspecified atom stereocenters. The topological polar surface area (TPSA) is 71.4 Å². The normalized spacial score (nSPS) is 8.20. The molecule has 1 N–H and O–H groups in total. The summed E-state index contributed by atoms with van der Waals surface area (Å²) in [5.41, 5.74) is 0.762. The standard InChI is InChI=1S/C6H8O3.C5H8O/c1-4(5(2)7)3-6(8)9;1-4(2)5(3)6/h1,3H2,2H3,(H,8,9);1H2,2-3H3. The number of carbonyl (C=O) groups excluding carboxylic acids is 2. The van der Waals surface area contributed by atoms with Crippen LogP contribution in [0.5, 0.6) is 0 Å². The summed E-state index contributed by atoms with van der Waals surface area (Å²) in [5, 5.41) is 8.12. The van der Waals surface area contributed by atoms with Crippen molar-refractivity contribution in [1.29, 1.82) is 0 Å². The molecule has 0 aromatic heterocycles. The Balaban J connectivity index is 0. The van der Waals surface area contributed by atoms with Crippen LogP contribution in [0.15, 0.2) is 24.3 Å². The first-order chi connectivity index (χ1) is 6.68. The van der Waals surface area contributed by atoms with Gasteiger partial charge in [-0.15, -0.1) is 0 Å². The predicted octanol–water partition coefficient (Wildman–Crippen LogP) is 1.76. The smallest absolute Gasteiger partial charge is 0.307 e. The predicted molar refractivity (Wildman–Crippen MR) is 57.6 cm³/mol. The van der Waals surface area contributed by atoms with Gasteiger partial charge in [0.05, 0.1) is 6.42 Å². The number of hydrogen-bond acceptors (Lipinski definition) is 3. The second kappa shape index (κ2) is 7.67. The Morgan fingerprint density at radius 1 is 1.00 bits per heavy atom. The summed E-state index contributed by atoms with van der Waals surface area (Å²) in [6.07, 6.45) is -0.255. The van der Waals surface area contributed by atoms with E-state index in [0.717, 1.165) is 0 Å². The molecule has 0 spiro atoms. The molecule has 0 fully saturated rings. The van der Waals surface area contributed by atoms with Crippen molar-refractivity contribution >= 4 is 17.5 Å². The van der Waals surface area contributed by atoms with E-state index in [2.05, 4.69) is 13.2 Å². The molecule has 4 heteroatoms. The highest BCUT2D eigenvalue weighted by Gasteiger charge is 2.04. The van der Waals surface area contributed by atoms with E-state index in [4.69, 9.17) is 5.11 Å². The van der Waals surface area contributed by atoms with Crippen molar-refractivity contribution < 1.29 is 19.5 Å². The Bertz CT molecular complexity index is 288. The maximum atomic E-state index is 10.3. The zero-order valence-corrected chi connectivity index (χ0v) is 9.29. The Morgan fingerprint density at radius 3 is 1.40 bits per heavy atom. The van der Waals surface area contributed by atoms with Crippen molar-refractivity contribution in [3.8, 4) is 0 Å². The van der Waals surface area contributed by atoms with Crippen molar-refractivity contribution in [1.82, 2.24) is 0 Å². The minimum absolute atomic E-state index is 0.0648. The number of Topliss-reactive ketones (excluding diaryl/α,β-unsaturated/α-hetero) is 2. The van der Waals surface area contributed by atoms with E-state index in [1.165, 1.54) is 13.8 Å². The van der Waals surface area contributed by atoms with E-state index in [9.17, 15) is 14.4 Å². The number of carboxylic acid groups (broad SMARTS) is 1. The highest BCUT2D eigenvalue weighted by atomic mass is 16.4. The third-order valence-corrected chi connectivity index (χ3v) is 1.46. The molecule has 0 aromatic carbocycles. The Kier molecular flexibility index (Phi) is 8.05. The van der Waals surface area contributed by atoms with Gasteiger partial charge in [0.1, 0.15) is 0 Å². The SMILES string of the molecule is C=C(C)C(C)=O.C=C(CC(=O)O)C(C)=O. The highest BCUT2D eigenvalue weighted by molar-refractivity contribution is 5.96. The van der Waals surface area contributed by atoms with Gasteiger partial charge in [-0.25, -0.2) is 0 Å². The van der Waals surface area contributed by atoms with Gasteiger partial charge in [-0.1, -0.05) is 13.2 Å². The second-order valence-corrected chi connectivity index (χ2v) is 3.07. The summed E-state index contributed by atoms with van der Waals surface area (Å²) in [6, 6.07) is 0. The van der Waals surface area contributed by atoms with Crippen LogP contribution in [-0.4, -0.2) is 22.6 Å². The Morgan fingerprint density at radius 2 is 1.33 bits per heavy atom. The van der Waals surface area contributed by atoms with Gasteiger partial charge in [0.2, 0.25) is 0 Å². The fraction of sp³-hybridized carbons (Fsp3) is 0.364. The van der Waals surface area contributed by atoms with Crippen molar-refractivity contribution in [3.63, 3.8) is 0 Å². The monoisotopic (exact) mass is 212 g/mol. The zero-order valence-electron chi connectivity index (χ0n) is 9.29. The summed E-state index contributed by atoms with van der Waals surface area (Å²) < 4.78 is 0. The maximum Gasteiger partial charge on any atom is 0.307 e. The molecule has 0 rings (SSSR count). The molecule has 0 bridgehead atoms. The molecule has 0 aliphatic heterocycles. The van der Waals surface area contributed by atoms with Gasteiger partial charge < -0.3 is 5.11 Å². The van der Waals surface area contributed by atoms with Crippen LogP contribution >= 0.6 is 0 Å². The van der Waals surface area contributed by atoms with Crippen LogP contribution in [0.4, 0.5) is 0 Å². The molecule has 0 aliphatic carbocycles. The molecular formula is C11H16O4.